The van der Waals surface area contributed by atoms with E-state index in [1.54, 1.807) is 60.7 Å². The summed E-state index contributed by atoms with van der Waals surface area (Å²) in [6, 6.07) is 26.8. The highest BCUT2D eigenvalue weighted by Crippen LogP contribution is 2.65. The molecule has 16 unspecified atom stereocenters. The number of fused-ring (bicyclic) bond motifs is 10. The summed E-state index contributed by atoms with van der Waals surface area (Å²) in [6.07, 6.45) is 24.7. The van der Waals surface area contributed by atoms with Crippen LogP contribution in [-0.2, 0) is 31.8 Å². The minimum Gasteiger partial charge on any atom is -1.00 e. The lowest BCUT2D eigenvalue weighted by Crippen LogP contribution is -3.00. The number of nitrogens with one attached hydrogen (secondary N) is 5. The maximum atomic E-state index is 13.6. The summed E-state index contributed by atoms with van der Waals surface area (Å²) >= 11 is 14.7. The van der Waals surface area contributed by atoms with Crippen LogP contribution in [0.5, 0.6) is 11.5 Å². The van der Waals surface area contributed by atoms with Crippen molar-refractivity contribution in [1.29, 1.82) is 0 Å². The monoisotopic (exact) mass is 2140 g/mol. The number of anilines is 2. The first-order chi connectivity index (χ1) is 62.3. The zero-order valence-electron chi connectivity index (χ0n) is 80.1. The number of carbonyl (C=O) groups is 8. The van der Waals surface area contributed by atoms with Crippen LogP contribution in [0.25, 0.3) is 0 Å². The molecule has 25 heteroatoms. The Bertz CT molecular complexity index is 5050. The molecule has 0 spiro atoms. The molecule has 6 aromatic carbocycles. The SMILES string of the molecule is CC(C)C1CCC2C(CCC3CC(C)(COC(=O)NCC4(C)CC(NC(=O)OCCc5cc(Br)c(Nc6ccc(O)c7c6C(=O)c6ccccc6C7=O)c(Br)c5)CC(C)(C)C4)CCC32C)C1.CC(C)C1CCC2C(CCC3CC(C)(COC(=O)NCC4(C)CC(NC(=O)OCCc5cc(Br)c([NH2+]c6ccc(O)c7c6C(=O)c6ccccc6C7=O)c(Br)c5)CC(C)(C)C4)CCC32C)C1.[Br-]. The summed E-state index contributed by atoms with van der Waals surface area (Å²) in [6.45, 7) is 34.8. The van der Waals surface area contributed by atoms with E-state index in [9.17, 15) is 48.6 Å². The normalized spacial score (nSPS) is 29.8. The van der Waals surface area contributed by atoms with Crippen molar-refractivity contribution in [3.8, 4) is 11.5 Å². The average Bonchev–Trinajstić information content (AvgIpc) is 0.790. The van der Waals surface area contributed by atoms with Gasteiger partial charge < -0.3 is 72.7 Å². The highest BCUT2D eigenvalue weighted by atomic mass is 79.9. The van der Waals surface area contributed by atoms with Crippen LogP contribution in [0.15, 0.2) is 115 Å². The van der Waals surface area contributed by atoms with E-state index in [0.717, 1.165) is 124 Å². The van der Waals surface area contributed by atoms with E-state index >= 15 is 0 Å². The summed E-state index contributed by atoms with van der Waals surface area (Å²) in [5.74, 6) is 6.26. The van der Waals surface area contributed by atoms with Crippen LogP contribution < -0.4 is 48.9 Å². The van der Waals surface area contributed by atoms with Gasteiger partial charge in [-0.3, -0.25) is 24.5 Å². The van der Waals surface area contributed by atoms with Crippen molar-refractivity contribution in [2.45, 2.75) is 263 Å². The van der Waals surface area contributed by atoms with Crippen LogP contribution in [-0.4, -0.2) is 109 Å². The highest BCUT2D eigenvalue weighted by Gasteiger charge is 2.57. The molecule has 16 atom stereocenters. The van der Waals surface area contributed by atoms with E-state index in [-0.39, 0.29) is 155 Å². The van der Waals surface area contributed by atoms with Crippen LogP contribution in [0, 0.1) is 102 Å². The number of amides is 4. The molecular formula is C108H139Br5N6O14. The third kappa shape index (κ3) is 22.6. The molecule has 20 nitrogen and oxygen atoms in total. The predicted molar refractivity (Wildman–Crippen MR) is 529 cm³/mol. The van der Waals surface area contributed by atoms with Crippen molar-refractivity contribution < 1.29 is 89.8 Å². The first-order valence-corrected chi connectivity index (χ1v) is 51.8. The fourth-order valence-electron chi connectivity index (χ4n) is 27.1. The van der Waals surface area contributed by atoms with Gasteiger partial charge in [-0.1, -0.05) is 145 Å². The summed E-state index contributed by atoms with van der Waals surface area (Å²) < 4.78 is 26.3. The Balaban J connectivity index is 0.000000212. The maximum Gasteiger partial charge on any atom is 0.407 e. The quantitative estimate of drug-likeness (QED) is 0.0178. The smallest absolute Gasteiger partial charge is 0.407 e. The molecule has 8 fully saturated rings. The molecule has 4 amide bonds. The van der Waals surface area contributed by atoms with Crippen molar-refractivity contribution in [2.24, 2.45) is 102 Å². The second-order valence-electron chi connectivity index (χ2n) is 45.8. The molecule has 10 aliphatic rings. The van der Waals surface area contributed by atoms with Gasteiger partial charge in [-0.05, 0) is 350 Å². The third-order valence-corrected chi connectivity index (χ3v) is 36.0. The van der Waals surface area contributed by atoms with Crippen LogP contribution >= 0.6 is 63.7 Å². The van der Waals surface area contributed by atoms with Gasteiger partial charge in [-0.25, -0.2) is 19.2 Å². The van der Waals surface area contributed by atoms with Gasteiger partial charge in [0.05, 0.1) is 69.0 Å². The zero-order valence-corrected chi connectivity index (χ0v) is 88.1. The summed E-state index contributed by atoms with van der Waals surface area (Å²) in [7, 11) is 0. The Morgan fingerprint density at radius 1 is 0.444 bits per heavy atom. The fraction of sp³-hybridized carbons (Fsp3) is 0.593. The predicted octanol–water partition coefficient (Wildman–Crippen LogP) is 22.4. The first-order valence-electron chi connectivity index (χ1n) is 48.7. The van der Waals surface area contributed by atoms with E-state index < -0.39 is 18.0 Å². The lowest BCUT2D eigenvalue weighted by atomic mass is 9.46. The lowest BCUT2D eigenvalue weighted by molar-refractivity contribution is -0.480. The largest absolute Gasteiger partial charge is 1.00 e. The fourth-order valence-corrected chi connectivity index (χ4v) is 30.1. The number of ketones is 4. The van der Waals surface area contributed by atoms with Crippen molar-refractivity contribution in [2.75, 3.05) is 44.8 Å². The lowest BCUT2D eigenvalue weighted by Gasteiger charge is -2.59. The van der Waals surface area contributed by atoms with Crippen molar-refractivity contribution in [3.63, 3.8) is 0 Å². The van der Waals surface area contributed by atoms with Crippen LogP contribution in [0.3, 0.4) is 0 Å². The van der Waals surface area contributed by atoms with Crippen LogP contribution in [0.2, 0.25) is 0 Å². The molecule has 0 bridgehead atoms. The molecule has 0 saturated heterocycles. The number of hydrogen-bond acceptors (Lipinski definition) is 15. The molecule has 8 saturated carbocycles. The van der Waals surface area contributed by atoms with E-state index in [1.165, 1.54) is 89.2 Å². The van der Waals surface area contributed by atoms with Gasteiger partial charge in [0.25, 0.3) is 0 Å². The molecule has 6 aromatic rings. The maximum absolute atomic E-state index is 13.6. The molecule has 0 aromatic heterocycles. The Labute approximate surface area is 831 Å². The number of hydrogen-bond donors (Lipinski definition) is 8. The summed E-state index contributed by atoms with van der Waals surface area (Å²) in [5, 5.41) is 38.9. The molecule has 10 aliphatic carbocycles. The molecule has 720 valence electrons. The number of alkyl carbamates (subject to hydrolysis) is 4. The number of rotatable bonds is 22. The molecule has 9 N–H and O–H groups in total. The highest BCUT2D eigenvalue weighted by molar-refractivity contribution is 9.11. The number of aromatic hydroxyl groups is 2. The van der Waals surface area contributed by atoms with Crippen molar-refractivity contribution in [1.82, 2.24) is 21.3 Å². The van der Waals surface area contributed by atoms with Gasteiger partial charge in [-0.2, -0.15) is 0 Å². The molecular weight excluding hydrogens is 2000 g/mol. The van der Waals surface area contributed by atoms with Gasteiger partial charge in [0.1, 0.15) is 17.2 Å². The van der Waals surface area contributed by atoms with Crippen molar-refractivity contribution in [3.05, 3.63) is 171 Å². The molecule has 0 radical (unpaired) electrons. The van der Waals surface area contributed by atoms with E-state index in [2.05, 4.69) is 187 Å². The molecule has 133 heavy (non-hydrogen) atoms. The first kappa shape index (κ1) is 102. The Morgan fingerprint density at radius 2 is 0.835 bits per heavy atom. The number of nitrogens with two attached hydrogens (primary N) is 1. The average molecular weight is 2140 g/mol. The van der Waals surface area contributed by atoms with Gasteiger partial charge >= 0.3 is 24.4 Å². The van der Waals surface area contributed by atoms with Crippen LogP contribution in [0.1, 0.15) is 313 Å². The molecule has 0 heterocycles. The Kier molecular flexibility index (Phi) is 31.1. The second kappa shape index (κ2) is 40.7. The number of ether oxygens (including phenoxy) is 4. The van der Waals surface area contributed by atoms with Crippen LogP contribution in [0.4, 0.5) is 41.9 Å². The Morgan fingerprint density at radius 3 is 1.26 bits per heavy atom. The Hall–Kier alpha value is -7.16. The number of phenols is 2. The number of halogens is 5. The number of benzene rings is 6. The molecule has 16 rings (SSSR count). The van der Waals surface area contributed by atoms with Crippen molar-refractivity contribution >= 4 is 134 Å². The summed E-state index contributed by atoms with van der Waals surface area (Å²) in [4.78, 5) is 107. The van der Waals surface area contributed by atoms with E-state index in [4.69, 9.17) is 18.9 Å². The minimum atomic E-state index is -0.477. The van der Waals surface area contributed by atoms with Gasteiger partial charge in [0, 0.05) is 86.1 Å². The third-order valence-electron chi connectivity index (χ3n) is 33.4. The van der Waals surface area contributed by atoms with E-state index in [0.29, 0.717) is 106 Å². The number of phenolic OH excluding ortho intramolecular Hbond substituents is 2. The minimum absolute atomic E-state index is 0. The van der Waals surface area contributed by atoms with Gasteiger partial charge in [0.15, 0.2) is 23.0 Å². The molecule has 0 aliphatic heterocycles. The second-order valence-corrected chi connectivity index (χ2v) is 49.2. The summed E-state index contributed by atoms with van der Waals surface area (Å²) in [5.41, 5.74) is 5.69. The topological polar surface area (TPSA) is 291 Å². The zero-order chi connectivity index (χ0) is 94.7. The number of carbonyl (C=O) groups excluding carboxylic acids is 8. The number of quaternary nitrogens is 1. The van der Waals surface area contributed by atoms with Gasteiger partial charge in [-0.15, -0.1) is 0 Å². The van der Waals surface area contributed by atoms with E-state index in [1.807, 2.05) is 29.6 Å². The standard InChI is InChI=1S/2C54H69Br2N3O7.BrH/c2*1-31(2)33-13-15-39-34(24-33)12-14-35-25-52(5,19-20-54(35,39)7)30-66-49(63)57-29-53(6)27-36(26-51(3,4)28-53)58-50(64)65-21-18-32-22-40(55)46(41(56)23-32)59-42-16-17-43(60)45-44(42)47(61)37-10-8-9-11-38(37)48(45)62;/h2*8-11,16-17,22-23,31,33-36,39,59-60H,12-15,18-21,24-30H2,1-7H3,(H,57,63)(H,58,64);1H. The van der Waals surface area contributed by atoms with Gasteiger partial charge in [0.2, 0.25) is 5.78 Å².